The summed E-state index contributed by atoms with van der Waals surface area (Å²) in [4.78, 5) is 0. The lowest BCUT2D eigenvalue weighted by Crippen LogP contribution is -2.23. The number of aromatic nitrogens is 2. The van der Waals surface area contributed by atoms with Gasteiger partial charge in [-0.05, 0) is 44.0 Å². The van der Waals surface area contributed by atoms with Crippen molar-refractivity contribution in [3.8, 4) is 0 Å². The molecule has 0 amide bonds. The molecule has 0 aliphatic heterocycles. The maximum atomic E-state index is 4.40. The number of hydrogen-bond donors (Lipinski definition) is 1. The van der Waals surface area contributed by atoms with Crippen LogP contribution >= 0.6 is 15.9 Å². The van der Waals surface area contributed by atoms with Crippen molar-refractivity contribution in [3.63, 3.8) is 0 Å². The minimum atomic E-state index is 0.185. The van der Waals surface area contributed by atoms with Crippen LogP contribution in [0, 0.1) is 6.92 Å². The van der Waals surface area contributed by atoms with E-state index in [-0.39, 0.29) is 6.04 Å². The topological polar surface area (TPSA) is 29.9 Å². The highest BCUT2D eigenvalue weighted by Gasteiger charge is 2.17. The fourth-order valence-corrected chi connectivity index (χ4v) is 2.99. The van der Waals surface area contributed by atoms with E-state index in [0.29, 0.717) is 0 Å². The number of nitrogens with zero attached hydrogens (tertiary/aromatic N) is 2. The summed E-state index contributed by atoms with van der Waals surface area (Å²) in [6, 6.07) is 6.70. The second-order valence-corrected chi connectivity index (χ2v) is 5.90. The second-order valence-electron chi connectivity index (χ2n) is 5.04. The standard InChI is InChI=1S/C16H22BrN3/c1-4-8-18-16(13-10-19-20(5-2)11-13)14-7-6-12(3)9-15(14)17/h6-7,9-11,16,18H,4-5,8H2,1-3H3. The summed E-state index contributed by atoms with van der Waals surface area (Å²) >= 11 is 3.69. The van der Waals surface area contributed by atoms with E-state index in [1.54, 1.807) is 0 Å². The zero-order valence-electron chi connectivity index (χ0n) is 12.4. The Morgan fingerprint density at radius 3 is 2.75 bits per heavy atom. The molecule has 0 spiro atoms. The molecule has 0 fully saturated rings. The molecule has 1 atom stereocenters. The Kier molecular flexibility index (Phi) is 5.38. The van der Waals surface area contributed by atoms with Gasteiger partial charge in [-0.2, -0.15) is 5.10 Å². The molecule has 0 saturated heterocycles. The minimum Gasteiger partial charge on any atom is -0.306 e. The van der Waals surface area contributed by atoms with Crippen molar-refractivity contribution in [2.24, 2.45) is 0 Å². The van der Waals surface area contributed by atoms with Gasteiger partial charge in [0.05, 0.1) is 12.2 Å². The molecular weight excluding hydrogens is 314 g/mol. The number of nitrogens with one attached hydrogen (secondary N) is 1. The average molecular weight is 336 g/mol. The molecule has 1 aromatic heterocycles. The highest BCUT2D eigenvalue weighted by atomic mass is 79.9. The van der Waals surface area contributed by atoms with Crippen LogP contribution in [-0.2, 0) is 6.54 Å². The van der Waals surface area contributed by atoms with E-state index in [4.69, 9.17) is 0 Å². The molecule has 4 heteroatoms. The normalized spacial score (nSPS) is 12.6. The number of benzene rings is 1. The first-order valence-electron chi connectivity index (χ1n) is 7.17. The molecular formula is C16H22BrN3. The highest BCUT2D eigenvalue weighted by molar-refractivity contribution is 9.10. The van der Waals surface area contributed by atoms with Gasteiger partial charge in [0.1, 0.15) is 0 Å². The van der Waals surface area contributed by atoms with Crippen molar-refractivity contribution in [1.82, 2.24) is 15.1 Å². The van der Waals surface area contributed by atoms with Crippen LogP contribution in [0.15, 0.2) is 35.1 Å². The first-order chi connectivity index (χ1) is 9.65. The highest BCUT2D eigenvalue weighted by Crippen LogP contribution is 2.29. The molecule has 0 radical (unpaired) electrons. The predicted octanol–water partition coefficient (Wildman–Crippen LogP) is 4.06. The monoisotopic (exact) mass is 335 g/mol. The van der Waals surface area contributed by atoms with Gasteiger partial charge in [0.2, 0.25) is 0 Å². The van der Waals surface area contributed by atoms with E-state index >= 15 is 0 Å². The third-order valence-electron chi connectivity index (χ3n) is 3.38. The van der Waals surface area contributed by atoms with Gasteiger partial charge in [0.15, 0.2) is 0 Å². The van der Waals surface area contributed by atoms with E-state index in [1.165, 1.54) is 16.7 Å². The summed E-state index contributed by atoms with van der Waals surface area (Å²) in [5.41, 5.74) is 3.74. The summed E-state index contributed by atoms with van der Waals surface area (Å²) < 4.78 is 3.12. The first-order valence-corrected chi connectivity index (χ1v) is 7.96. The van der Waals surface area contributed by atoms with Gasteiger partial charge in [-0.15, -0.1) is 0 Å². The summed E-state index contributed by atoms with van der Waals surface area (Å²) in [5, 5.41) is 8.01. The predicted molar refractivity (Wildman–Crippen MR) is 86.9 cm³/mol. The molecule has 1 heterocycles. The van der Waals surface area contributed by atoms with Crippen molar-refractivity contribution >= 4 is 15.9 Å². The Labute approximate surface area is 129 Å². The van der Waals surface area contributed by atoms with Crippen molar-refractivity contribution in [2.75, 3.05) is 6.54 Å². The first kappa shape index (κ1) is 15.3. The fourth-order valence-electron chi connectivity index (χ4n) is 2.26. The van der Waals surface area contributed by atoms with E-state index < -0.39 is 0 Å². The number of aryl methyl sites for hydroxylation is 2. The van der Waals surface area contributed by atoms with Crippen LogP contribution in [-0.4, -0.2) is 16.3 Å². The molecule has 20 heavy (non-hydrogen) atoms. The van der Waals surface area contributed by atoms with Crippen molar-refractivity contribution in [3.05, 3.63) is 51.8 Å². The molecule has 108 valence electrons. The third kappa shape index (κ3) is 3.49. The van der Waals surface area contributed by atoms with Crippen LogP contribution in [0.3, 0.4) is 0 Å². The molecule has 1 N–H and O–H groups in total. The van der Waals surface area contributed by atoms with Crippen molar-refractivity contribution in [1.29, 1.82) is 0 Å². The number of halogens is 1. The van der Waals surface area contributed by atoms with Gasteiger partial charge in [0, 0.05) is 22.8 Å². The molecule has 3 nitrogen and oxygen atoms in total. The Bertz CT molecular complexity index is 563. The van der Waals surface area contributed by atoms with Crippen LogP contribution in [0.25, 0.3) is 0 Å². The van der Waals surface area contributed by atoms with Crippen LogP contribution < -0.4 is 5.32 Å². The number of rotatable bonds is 6. The van der Waals surface area contributed by atoms with E-state index in [0.717, 1.165) is 24.0 Å². The summed E-state index contributed by atoms with van der Waals surface area (Å²) in [6.45, 7) is 8.28. The zero-order chi connectivity index (χ0) is 14.5. The Morgan fingerprint density at radius 1 is 1.35 bits per heavy atom. The third-order valence-corrected chi connectivity index (χ3v) is 4.06. The van der Waals surface area contributed by atoms with Gasteiger partial charge in [-0.3, -0.25) is 4.68 Å². The molecule has 0 aliphatic carbocycles. The maximum absolute atomic E-state index is 4.40. The van der Waals surface area contributed by atoms with Crippen molar-refractivity contribution in [2.45, 2.75) is 39.8 Å². The van der Waals surface area contributed by atoms with Crippen molar-refractivity contribution < 1.29 is 0 Å². The van der Waals surface area contributed by atoms with Crippen LogP contribution in [0.2, 0.25) is 0 Å². The van der Waals surface area contributed by atoms with Gasteiger partial charge in [-0.25, -0.2) is 0 Å². The van der Waals surface area contributed by atoms with Crippen LogP contribution in [0.4, 0.5) is 0 Å². The van der Waals surface area contributed by atoms with E-state index in [9.17, 15) is 0 Å². The Balaban J connectivity index is 2.35. The zero-order valence-corrected chi connectivity index (χ0v) is 13.9. The molecule has 0 bridgehead atoms. The molecule has 0 aliphatic rings. The lowest BCUT2D eigenvalue weighted by Gasteiger charge is -2.19. The Morgan fingerprint density at radius 2 is 2.15 bits per heavy atom. The van der Waals surface area contributed by atoms with Gasteiger partial charge >= 0.3 is 0 Å². The molecule has 1 aromatic carbocycles. The van der Waals surface area contributed by atoms with Crippen LogP contribution in [0.5, 0.6) is 0 Å². The number of hydrogen-bond acceptors (Lipinski definition) is 2. The molecule has 2 rings (SSSR count). The minimum absolute atomic E-state index is 0.185. The quantitative estimate of drug-likeness (QED) is 0.862. The lowest BCUT2D eigenvalue weighted by molar-refractivity contribution is 0.594. The SMILES string of the molecule is CCCNC(c1cnn(CC)c1)c1ccc(C)cc1Br. The maximum Gasteiger partial charge on any atom is 0.0619 e. The molecule has 2 aromatic rings. The Hall–Kier alpha value is -1.13. The van der Waals surface area contributed by atoms with Crippen LogP contribution in [0.1, 0.15) is 43.0 Å². The fraction of sp³-hybridized carbons (Fsp3) is 0.438. The molecule has 0 saturated carbocycles. The average Bonchev–Trinajstić information content (AvgIpc) is 2.90. The van der Waals surface area contributed by atoms with E-state index in [1.807, 2.05) is 10.9 Å². The van der Waals surface area contributed by atoms with Gasteiger partial charge < -0.3 is 5.32 Å². The summed E-state index contributed by atoms with van der Waals surface area (Å²) in [6.07, 6.45) is 5.20. The smallest absolute Gasteiger partial charge is 0.0619 e. The summed E-state index contributed by atoms with van der Waals surface area (Å²) in [5.74, 6) is 0. The molecule has 1 unspecified atom stereocenters. The van der Waals surface area contributed by atoms with Gasteiger partial charge in [-0.1, -0.05) is 35.0 Å². The second kappa shape index (κ2) is 7.04. The lowest BCUT2D eigenvalue weighted by atomic mass is 10.0. The van der Waals surface area contributed by atoms with E-state index in [2.05, 4.69) is 71.5 Å². The van der Waals surface area contributed by atoms with Gasteiger partial charge in [0.25, 0.3) is 0 Å². The summed E-state index contributed by atoms with van der Waals surface area (Å²) in [7, 11) is 0. The largest absolute Gasteiger partial charge is 0.306 e.